The van der Waals surface area contributed by atoms with Crippen LogP contribution in [0.25, 0.3) is 0 Å². The number of ketones is 1. The first kappa shape index (κ1) is 11.2. The molecule has 0 saturated heterocycles. The fourth-order valence-corrected chi connectivity index (χ4v) is 1.94. The first-order valence-electron chi connectivity index (χ1n) is 4.47. The molecule has 1 aromatic carbocycles. The Labute approximate surface area is 93.0 Å². The van der Waals surface area contributed by atoms with Gasteiger partial charge in [-0.05, 0) is 37.6 Å². The number of halogens is 1. The summed E-state index contributed by atoms with van der Waals surface area (Å²) in [6.07, 6.45) is 0. The van der Waals surface area contributed by atoms with Gasteiger partial charge in [-0.2, -0.15) is 0 Å². The summed E-state index contributed by atoms with van der Waals surface area (Å²) in [5.41, 5.74) is 2.27. The summed E-state index contributed by atoms with van der Waals surface area (Å²) in [4.78, 5) is 12.9. The molecule has 14 heavy (non-hydrogen) atoms. The van der Waals surface area contributed by atoms with Gasteiger partial charge in [-0.25, -0.2) is 0 Å². The van der Waals surface area contributed by atoms with Crippen LogP contribution < -0.4 is 4.90 Å². The molecule has 3 heteroatoms. The molecule has 1 aromatic rings. The highest BCUT2D eigenvalue weighted by atomic mass is 79.9. The van der Waals surface area contributed by atoms with Gasteiger partial charge in [0.05, 0.1) is 6.54 Å². The van der Waals surface area contributed by atoms with Crippen molar-refractivity contribution < 1.29 is 4.79 Å². The second-order valence-corrected chi connectivity index (χ2v) is 4.40. The molecule has 1 rings (SSSR count). The van der Waals surface area contributed by atoms with Crippen molar-refractivity contribution in [1.82, 2.24) is 0 Å². The number of nitrogens with zero attached hydrogens (tertiary/aromatic N) is 1. The molecular weight excluding hydrogens is 242 g/mol. The van der Waals surface area contributed by atoms with E-state index in [0.29, 0.717) is 6.54 Å². The Balaban J connectivity index is 2.90. The Kier molecular flexibility index (Phi) is 3.69. The third kappa shape index (κ3) is 2.84. The van der Waals surface area contributed by atoms with Crippen LogP contribution >= 0.6 is 15.9 Å². The fraction of sp³-hybridized carbons (Fsp3) is 0.364. The van der Waals surface area contributed by atoms with Crippen LogP contribution in [0.1, 0.15) is 12.5 Å². The highest BCUT2D eigenvalue weighted by Crippen LogP contribution is 2.22. The molecule has 0 amide bonds. The van der Waals surface area contributed by atoms with E-state index in [-0.39, 0.29) is 5.78 Å². The molecule has 0 aliphatic carbocycles. The van der Waals surface area contributed by atoms with Crippen molar-refractivity contribution in [2.75, 3.05) is 18.5 Å². The molecule has 0 unspecified atom stereocenters. The van der Waals surface area contributed by atoms with E-state index in [9.17, 15) is 4.79 Å². The van der Waals surface area contributed by atoms with E-state index in [2.05, 4.69) is 15.9 Å². The van der Waals surface area contributed by atoms with Gasteiger partial charge in [-0.15, -0.1) is 0 Å². The molecule has 76 valence electrons. The smallest absolute Gasteiger partial charge is 0.149 e. The Bertz CT molecular complexity index is 349. The maximum absolute atomic E-state index is 11.0. The lowest BCUT2D eigenvalue weighted by Crippen LogP contribution is -2.24. The highest BCUT2D eigenvalue weighted by molar-refractivity contribution is 9.10. The summed E-state index contributed by atoms with van der Waals surface area (Å²) < 4.78 is 1.06. The lowest BCUT2D eigenvalue weighted by Gasteiger charge is -2.19. The number of Topliss-reactive ketones (excluding diaryl/α,β-unsaturated/α-hetero) is 1. The van der Waals surface area contributed by atoms with Gasteiger partial charge in [-0.3, -0.25) is 4.79 Å². The van der Waals surface area contributed by atoms with E-state index in [0.717, 1.165) is 10.2 Å². The van der Waals surface area contributed by atoms with Gasteiger partial charge < -0.3 is 4.90 Å². The second-order valence-electron chi connectivity index (χ2n) is 3.49. The molecule has 0 radical (unpaired) electrons. The van der Waals surface area contributed by atoms with Crippen LogP contribution in [0, 0.1) is 6.92 Å². The molecule has 0 aliphatic rings. The molecule has 0 fully saturated rings. The average Bonchev–Trinajstić information content (AvgIpc) is 2.01. The fourth-order valence-electron chi connectivity index (χ4n) is 1.47. The van der Waals surface area contributed by atoms with Crippen LogP contribution in [0.5, 0.6) is 0 Å². The molecule has 0 atom stereocenters. The van der Waals surface area contributed by atoms with E-state index in [1.54, 1.807) is 6.92 Å². The number of benzene rings is 1. The summed E-state index contributed by atoms with van der Waals surface area (Å²) in [5.74, 6) is 0.176. The zero-order valence-corrected chi connectivity index (χ0v) is 10.3. The molecule has 0 aromatic heterocycles. The van der Waals surface area contributed by atoms with Crippen molar-refractivity contribution in [1.29, 1.82) is 0 Å². The number of aryl methyl sites for hydroxylation is 1. The van der Waals surface area contributed by atoms with E-state index in [1.807, 2.05) is 37.1 Å². The minimum absolute atomic E-state index is 0.176. The topological polar surface area (TPSA) is 20.3 Å². The number of carbonyl (C=O) groups excluding carboxylic acids is 1. The van der Waals surface area contributed by atoms with Crippen LogP contribution in [-0.2, 0) is 4.79 Å². The Morgan fingerprint density at radius 1 is 1.50 bits per heavy atom. The molecule has 0 spiro atoms. The maximum atomic E-state index is 11.0. The van der Waals surface area contributed by atoms with Gasteiger partial charge in [0.1, 0.15) is 5.78 Å². The standard InChI is InChI=1S/C11H14BrNO/c1-8-6-10(12)4-5-11(8)13(3)7-9(2)14/h4-6H,7H2,1-3H3. The Morgan fingerprint density at radius 2 is 2.14 bits per heavy atom. The molecule has 0 aliphatic heterocycles. The summed E-state index contributed by atoms with van der Waals surface area (Å²) >= 11 is 3.41. The number of carbonyl (C=O) groups is 1. The minimum atomic E-state index is 0.176. The summed E-state index contributed by atoms with van der Waals surface area (Å²) in [7, 11) is 1.93. The molecule has 0 bridgehead atoms. The van der Waals surface area contributed by atoms with Crippen LogP contribution in [0.15, 0.2) is 22.7 Å². The van der Waals surface area contributed by atoms with Crippen LogP contribution in [0.4, 0.5) is 5.69 Å². The number of hydrogen-bond donors (Lipinski definition) is 0. The van der Waals surface area contributed by atoms with E-state index >= 15 is 0 Å². The second kappa shape index (κ2) is 4.60. The van der Waals surface area contributed by atoms with E-state index in [1.165, 1.54) is 5.56 Å². The zero-order chi connectivity index (χ0) is 10.7. The van der Waals surface area contributed by atoms with Crippen LogP contribution in [-0.4, -0.2) is 19.4 Å². The summed E-state index contributed by atoms with van der Waals surface area (Å²) in [6, 6.07) is 6.05. The van der Waals surface area contributed by atoms with Crippen molar-refractivity contribution >= 4 is 27.4 Å². The van der Waals surface area contributed by atoms with Gasteiger partial charge in [-0.1, -0.05) is 15.9 Å². The maximum Gasteiger partial charge on any atom is 0.149 e. The molecule has 0 heterocycles. The third-order valence-corrected chi connectivity index (χ3v) is 2.52. The molecule has 0 saturated carbocycles. The predicted molar refractivity (Wildman–Crippen MR) is 62.8 cm³/mol. The number of hydrogen-bond acceptors (Lipinski definition) is 2. The summed E-state index contributed by atoms with van der Waals surface area (Å²) in [5, 5.41) is 0. The average molecular weight is 256 g/mol. The van der Waals surface area contributed by atoms with Crippen molar-refractivity contribution in [3.63, 3.8) is 0 Å². The van der Waals surface area contributed by atoms with E-state index in [4.69, 9.17) is 0 Å². The van der Waals surface area contributed by atoms with Gasteiger partial charge in [0.15, 0.2) is 0 Å². The van der Waals surface area contributed by atoms with Gasteiger partial charge in [0, 0.05) is 17.2 Å². The van der Waals surface area contributed by atoms with Crippen LogP contribution in [0.2, 0.25) is 0 Å². The zero-order valence-electron chi connectivity index (χ0n) is 8.67. The largest absolute Gasteiger partial charge is 0.367 e. The Morgan fingerprint density at radius 3 is 2.64 bits per heavy atom. The lowest BCUT2D eigenvalue weighted by molar-refractivity contribution is -0.115. The quantitative estimate of drug-likeness (QED) is 0.828. The first-order valence-corrected chi connectivity index (χ1v) is 5.26. The predicted octanol–water partition coefficient (Wildman–Crippen LogP) is 2.78. The lowest BCUT2D eigenvalue weighted by atomic mass is 10.2. The number of rotatable bonds is 3. The van der Waals surface area contributed by atoms with Crippen molar-refractivity contribution in [3.8, 4) is 0 Å². The van der Waals surface area contributed by atoms with Crippen molar-refractivity contribution in [2.24, 2.45) is 0 Å². The number of likely N-dealkylation sites (N-methyl/N-ethyl adjacent to an activating group) is 1. The SMILES string of the molecule is CC(=O)CN(C)c1ccc(Br)cc1C. The minimum Gasteiger partial charge on any atom is -0.367 e. The van der Waals surface area contributed by atoms with Crippen molar-refractivity contribution in [3.05, 3.63) is 28.2 Å². The monoisotopic (exact) mass is 255 g/mol. The highest BCUT2D eigenvalue weighted by Gasteiger charge is 2.06. The molecule has 0 N–H and O–H groups in total. The van der Waals surface area contributed by atoms with Crippen molar-refractivity contribution in [2.45, 2.75) is 13.8 Å². The van der Waals surface area contributed by atoms with E-state index < -0.39 is 0 Å². The summed E-state index contributed by atoms with van der Waals surface area (Å²) in [6.45, 7) is 4.10. The van der Waals surface area contributed by atoms with Crippen LogP contribution in [0.3, 0.4) is 0 Å². The van der Waals surface area contributed by atoms with Gasteiger partial charge in [0.2, 0.25) is 0 Å². The third-order valence-electron chi connectivity index (χ3n) is 2.03. The molecular formula is C11H14BrNO. The van der Waals surface area contributed by atoms with Gasteiger partial charge >= 0.3 is 0 Å². The normalized spacial score (nSPS) is 10.0. The van der Waals surface area contributed by atoms with Gasteiger partial charge in [0.25, 0.3) is 0 Å². The number of anilines is 1. The molecule has 2 nitrogen and oxygen atoms in total. The first-order chi connectivity index (χ1) is 6.50. The Hall–Kier alpha value is -0.830.